The highest BCUT2D eigenvalue weighted by Gasteiger charge is 2.20. The molecule has 1 unspecified atom stereocenters. The van der Waals surface area contributed by atoms with Crippen LogP contribution in [0.25, 0.3) is 0 Å². The summed E-state index contributed by atoms with van der Waals surface area (Å²) in [6.45, 7) is 2.56. The lowest BCUT2D eigenvalue weighted by Gasteiger charge is -2.28. The minimum atomic E-state index is 0.102. The maximum absolute atomic E-state index is 11.3. The van der Waals surface area contributed by atoms with E-state index in [0.717, 1.165) is 0 Å². The van der Waals surface area contributed by atoms with Gasteiger partial charge in [-0.1, -0.05) is 19.3 Å². The second-order valence-corrected chi connectivity index (χ2v) is 4.29. The zero-order valence-corrected chi connectivity index (χ0v) is 9.09. The number of nitrogens with one attached hydrogen (secondary N) is 1. The fourth-order valence-electron chi connectivity index (χ4n) is 2.21. The molecular formula is C11H22N2O. The van der Waals surface area contributed by atoms with Crippen LogP contribution in [0.1, 0.15) is 45.4 Å². The third-order valence-electron chi connectivity index (χ3n) is 3.12. The molecule has 1 fully saturated rings. The highest BCUT2D eigenvalue weighted by molar-refractivity contribution is 5.76. The molecule has 0 bridgehead atoms. The van der Waals surface area contributed by atoms with Crippen molar-refractivity contribution in [1.29, 1.82) is 0 Å². The summed E-state index contributed by atoms with van der Waals surface area (Å²) < 4.78 is 0. The van der Waals surface area contributed by atoms with Crippen molar-refractivity contribution in [2.24, 2.45) is 11.7 Å². The maximum Gasteiger partial charge on any atom is 0.221 e. The third kappa shape index (κ3) is 3.66. The fourth-order valence-corrected chi connectivity index (χ4v) is 2.21. The second-order valence-electron chi connectivity index (χ2n) is 4.29. The van der Waals surface area contributed by atoms with E-state index in [2.05, 4.69) is 12.2 Å². The molecule has 82 valence electrons. The molecule has 0 aliphatic heterocycles. The molecule has 0 aromatic heterocycles. The molecule has 1 amide bonds. The molecule has 0 saturated heterocycles. The maximum atomic E-state index is 11.3. The molecule has 1 aliphatic rings. The molecule has 0 aromatic carbocycles. The van der Waals surface area contributed by atoms with E-state index in [9.17, 15) is 4.79 Å². The van der Waals surface area contributed by atoms with Crippen molar-refractivity contribution < 1.29 is 4.79 Å². The molecule has 0 radical (unpaired) electrons. The zero-order valence-electron chi connectivity index (χ0n) is 9.09. The van der Waals surface area contributed by atoms with Crippen LogP contribution < -0.4 is 11.1 Å². The fraction of sp³-hybridized carbons (Fsp3) is 0.909. The Morgan fingerprint density at radius 2 is 2.07 bits per heavy atom. The van der Waals surface area contributed by atoms with Crippen LogP contribution in [0.5, 0.6) is 0 Å². The molecule has 3 heteroatoms. The Morgan fingerprint density at radius 3 is 2.64 bits per heavy atom. The first-order valence-electron chi connectivity index (χ1n) is 5.73. The Kier molecular flexibility index (Phi) is 4.94. The minimum Gasteiger partial charge on any atom is -0.353 e. The van der Waals surface area contributed by atoms with Crippen molar-refractivity contribution in [3.63, 3.8) is 0 Å². The van der Waals surface area contributed by atoms with Crippen LogP contribution in [0.4, 0.5) is 0 Å². The number of hydrogen-bond acceptors (Lipinski definition) is 2. The summed E-state index contributed by atoms with van der Waals surface area (Å²) in [6, 6.07) is 0.328. The molecule has 0 spiro atoms. The minimum absolute atomic E-state index is 0.102. The summed E-state index contributed by atoms with van der Waals surface area (Å²) >= 11 is 0. The van der Waals surface area contributed by atoms with Gasteiger partial charge in [0.1, 0.15) is 0 Å². The smallest absolute Gasteiger partial charge is 0.221 e. The quantitative estimate of drug-likeness (QED) is 0.718. The van der Waals surface area contributed by atoms with Gasteiger partial charge >= 0.3 is 0 Å². The zero-order chi connectivity index (χ0) is 10.4. The Morgan fingerprint density at radius 1 is 1.43 bits per heavy atom. The van der Waals surface area contributed by atoms with Crippen LogP contribution in [-0.4, -0.2) is 18.5 Å². The predicted molar refractivity (Wildman–Crippen MR) is 57.9 cm³/mol. The lowest BCUT2D eigenvalue weighted by atomic mass is 9.84. The van der Waals surface area contributed by atoms with Gasteiger partial charge in [-0.2, -0.15) is 0 Å². The highest BCUT2D eigenvalue weighted by atomic mass is 16.1. The highest BCUT2D eigenvalue weighted by Crippen LogP contribution is 2.26. The Hall–Kier alpha value is -0.570. The topological polar surface area (TPSA) is 55.1 Å². The molecule has 1 saturated carbocycles. The van der Waals surface area contributed by atoms with Gasteiger partial charge in [-0.15, -0.1) is 0 Å². The van der Waals surface area contributed by atoms with Crippen LogP contribution in [0.3, 0.4) is 0 Å². The number of rotatable bonds is 4. The van der Waals surface area contributed by atoms with E-state index >= 15 is 0 Å². The van der Waals surface area contributed by atoms with Gasteiger partial charge in [-0.05, 0) is 25.7 Å². The van der Waals surface area contributed by atoms with Crippen molar-refractivity contribution in [2.45, 2.75) is 51.5 Å². The van der Waals surface area contributed by atoms with Crippen molar-refractivity contribution in [2.75, 3.05) is 6.54 Å². The molecule has 1 rings (SSSR count). The molecule has 0 heterocycles. The largest absolute Gasteiger partial charge is 0.353 e. The molecule has 14 heavy (non-hydrogen) atoms. The Labute approximate surface area is 86.4 Å². The van der Waals surface area contributed by atoms with E-state index in [1.807, 2.05) is 0 Å². The number of hydrogen-bond donors (Lipinski definition) is 2. The van der Waals surface area contributed by atoms with E-state index in [1.54, 1.807) is 0 Å². The van der Waals surface area contributed by atoms with E-state index in [4.69, 9.17) is 5.73 Å². The first-order valence-corrected chi connectivity index (χ1v) is 5.73. The number of carbonyl (C=O) groups is 1. The van der Waals surface area contributed by atoms with Crippen LogP contribution in [0.2, 0.25) is 0 Å². The Bertz CT molecular complexity index is 176. The van der Waals surface area contributed by atoms with Crippen molar-refractivity contribution in [3.05, 3.63) is 0 Å². The molecule has 1 atom stereocenters. The normalized spacial score (nSPS) is 20.4. The summed E-state index contributed by atoms with van der Waals surface area (Å²) in [4.78, 5) is 11.3. The first kappa shape index (κ1) is 11.5. The average Bonchev–Trinajstić information content (AvgIpc) is 2.19. The van der Waals surface area contributed by atoms with Crippen molar-refractivity contribution in [3.8, 4) is 0 Å². The van der Waals surface area contributed by atoms with Gasteiger partial charge < -0.3 is 11.1 Å². The van der Waals surface area contributed by atoms with Gasteiger partial charge in [0.25, 0.3) is 0 Å². The summed E-state index contributed by atoms with van der Waals surface area (Å²) in [5, 5.41) is 3.03. The van der Waals surface area contributed by atoms with Crippen LogP contribution in [-0.2, 0) is 4.79 Å². The molecule has 3 nitrogen and oxygen atoms in total. The summed E-state index contributed by atoms with van der Waals surface area (Å²) in [5.41, 5.74) is 5.32. The molecule has 0 aromatic rings. The molecule has 1 aliphatic carbocycles. The van der Waals surface area contributed by atoms with Gasteiger partial charge in [-0.25, -0.2) is 0 Å². The average molecular weight is 198 g/mol. The van der Waals surface area contributed by atoms with E-state index in [-0.39, 0.29) is 5.91 Å². The van der Waals surface area contributed by atoms with Crippen LogP contribution in [0, 0.1) is 5.92 Å². The third-order valence-corrected chi connectivity index (χ3v) is 3.12. The SMILES string of the molecule is CC(NC(=O)CCN)C1CCCCC1. The van der Waals surface area contributed by atoms with Gasteiger partial charge in [0.2, 0.25) is 5.91 Å². The summed E-state index contributed by atoms with van der Waals surface area (Å²) in [7, 11) is 0. The summed E-state index contributed by atoms with van der Waals surface area (Å²) in [6.07, 6.45) is 6.99. The molecule has 3 N–H and O–H groups in total. The van der Waals surface area contributed by atoms with Gasteiger partial charge in [0.05, 0.1) is 0 Å². The lowest BCUT2D eigenvalue weighted by molar-refractivity contribution is -0.121. The van der Waals surface area contributed by atoms with Gasteiger partial charge in [-0.3, -0.25) is 4.79 Å². The number of amides is 1. The Balaban J connectivity index is 2.25. The van der Waals surface area contributed by atoms with Crippen LogP contribution in [0.15, 0.2) is 0 Å². The summed E-state index contributed by atoms with van der Waals surface area (Å²) in [5.74, 6) is 0.788. The van der Waals surface area contributed by atoms with Gasteiger partial charge in [0, 0.05) is 19.0 Å². The van der Waals surface area contributed by atoms with E-state index in [1.165, 1.54) is 32.1 Å². The number of carbonyl (C=O) groups excluding carboxylic acids is 1. The van der Waals surface area contributed by atoms with Gasteiger partial charge in [0.15, 0.2) is 0 Å². The van der Waals surface area contributed by atoms with Crippen LogP contribution >= 0.6 is 0 Å². The monoisotopic (exact) mass is 198 g/mol. The standard InChI is InChI=1S/C11H22N2O/c1-9(13-11(14)7-8-12)10-5-3-2-4-6-10/h9-10H,2-8,12H2,1H3,(H,13,14). The lowest BCUT2D eigenvalue weighted by Crippen LogP contribution is -2.39. The molecular weight excluding hydrogens is 176 g/mol. The van der Waals surface area contributed by atoms with E-state index < -0.39 is 0 Å². The second kappa shape index (κ2) is 6.02. The number of nitrogens with two attached hydrogens (primary N) is 1. The predicted octanol–water partition coefficient (Wildman–Crippen LogP) is 1.42. The van der Waals surface area contributed by atoms with E-state index in [0.29, 0.717) is 24.9 Å². The first-order chi connectivity index (χ1) is 6.74. The van der Waals surface area contributed by atoms with Crippen molar-refractivity contribution in [1.82, 2.24) is 5.32 Å². The van der Waals surface area contributed by atoms with Crippen molar-refractivity contribution >= 4 is 5.91 Å².